The van der Waals surface area contributed by atoms with Crippen molar-refractivity contribution in [2.75, 3.05) is 12.4 Å². The fourth-order valence-corrected chi connectivity index (χ4v) is 5.73. The number of aromatic nitrogens is 2. The van der Waals surface area contributed by atoms with Gasteiger partial charge in [-0.2, -0.15) is 0 Å². The number of anilines is 2. The molecule has 1 aliphatic rings. The van der Waals surface area contributed by atoms with E-state index in [-0.39, 0.29) is 41.8 Å². The van der Waals surface area contributed by atoms with E-state index in [1.165, 1.54) is 31.4 Å². The lowest BCUT2D eigenvalue weighted by atomic mass is 9.70. The molecule has 1 saturated carbocycles. The van der Waals surface area contributed by atoms with Crippen LogP contribution in [0.2, 0.25) is 0 Å². The van der Waals surface area contributed by atoms with Crippen molar-refractivity contribution in [1.29, 1.82) is 0 Å². The molecule has 1 aromatic heterocycles. The summed E-state index contributed by atoms with van der Waals surface area (Å²) < 4.78 is 48.5. The first-order chi connectivity index (χ1) is 18.3. The maximum absolute atomic E-state index is 12.9. The summed E-state index contributed by atoms with van der Waals surface area (Å²) in [4.78, 5) is 29.2. The fraction of sp³-hybridized carbons (Fsp3) is 0.483. The van der Waals surface area contributed by atoms with E-state index in [0.29, 0.717) is 35.1 Å². The molecular weight excluding hydrogens is 511 g/mol. The zero-order valence-electron chi connectivity index (χ0n) is 22.6. The van der Waals surface area contributed by atoms with Crippen LogP contribution in [-0.2, 0) is 9.53 Å². The summed E-state index contributed by atoms with van der Waals surface area (Å²) >= 11 is 0. The number of benzene rings is 2. The van der Waals surface area contributed by atoms with Crippen molar-refractivity contribution in [3.63, 3.8) is 0 Å². The number of ether oxygens (including phenoxy) is 2. The molecule has 0 saturated heterocycles. The van der Waals surface area contributed by atoms with Crippen molar-refractivity contribution in [1.82, 2.24) is 9.55 Å². The molecule has 3 aromatic rings. The molecule has 0 aliphatic heterocycles. The van der Waals surface area contributed by atoms with Gasteiger partial charge in [-0.05, 0) is 79.5 Å². The van der Waals surface area contributed by atoms with Crippen molar-refractivity contribution in [3.05, 3.63) is 48.0 Å². The lowest BCUT2D eigenvalue weighted by Crippen LogP contribution is -2.29. The third kappa shape index (κ3) is 7.30. The maximum Gasteiger partial charge on any atom is 0.573 e. The van der Waals surface area contributed by atoms with Crippen LogP contribution in [0.4, 0.5) is 24.8 Å². The number of rotatable bonds is 9. The Morgan fingerprint density at radius 2 is 1.82 bits per heavy atom. The van der Waals surface area contributed by atoms with E-state index < -0.39 is 6.36 Å². The van der Waals surface area contributed by atoms with Gasteiger partial charge in [0.1, 0.15) is 5.75 Å². The number of methoxy groups -OCH3 is 1. The highest BCUT2D eigenvalue weighted by Gasteiger charge is 2.35. The number of fused-ring (bicyclic) bond motifs is 1. The van der Waals surface area contributed by atoms with Crippen LogP contribution >= 0.6 is 0 Å². The highest BCUT2D eigenvalue weighted by molar-refractivity contribution is 5.99. The van der Waals surface area contributed by atoms with Crippen molar-refractivity contribution in [2.24, 2.45) is 11.3 Å². The van der Waals surface area contributed by atoms with Gasteiger partial charge < -0.3 is 19.4 Å². The van der Waals surface area contributed by atoms with Crippen LogP contribution in [0.3, 0.4) is 0 Å². The molecule has 7 nitrogen and oxygen atoms in total. The molecule has 1 aliphatic carbocycles. The van der Waals surface area contributed by atoms with Crippen LogP contribution in [0, 0.1) is 11.3 Å². The van der Waals surface area contributed by atoms with Crippen LogP contribution < -0.4 is 10.1 Å². The molecular formula is C29H34F3N3O4. The molecule has 2 atom stereocenters. The minimum absolute atomic E-state index is 0.0688. The number of alkyl halides is 3. The average Bonchev–Trinajstić information content (AvgIpc) is 3.19. The van der Waals surface area contributed by atoms with Crippen LogP contribution in [0.1, 0.15) is 75.7 Å². The van der Waals surface area contributed by atoms with Crippen LogP contribution in [0.5, 0.6) is 5.75 Å². The third-order valence-electron chi connectivity index (χ3n) is 7.10. The van der Waals surface area contributed by atoms with Gasteiger partial charge >= 0.3 is 12.3 Å². The Labute approximate surface area is 225 Å². The first-order valence-corrected chi connectivity index (χ1v) is 13.1. The molecule has 1 heterocycles. The maximum atomic E-state index is 12.9. The predicted molar refractivity (Wildman–Crippen MR) is 142 cm³/mol. The molecule has 0 unspecified atom stereocenters. The standard InChI is InChI=1S/C29H34F3N3O4/c1-18-14-21(17-28(2,3)16-18)35-24-15-19(25(36)6-5-7-26(37)38-4)8-13-23(24)34-27(35)33-20-9-11-22(12-10-20)39-29(30,31)32/h8-13,15,18,21H,5-7,14,16-17H2,1-4H3,(H,33,34)/t18-,21+/m1/s1. The largest absolute Gasteiger partial charge is 0.573 e. The van der Waals surface area contributed by atoms with Gasteiger partial charge in [-0.15, -0.1) is 13.2 Å². The van der Waals surface area contributed by atoms with Gasteiger partial charge in [0, 0.05) is 30.1 Å². The molecule has 4 rings (SSSR count). The third-order valence-corrected chi connectivity index (χ3v) is 7.10. The topological polar surface area (TPSA) is 82.5 Å². The van der Waals surface area contributed by atoms with Crippen molar-refractivity contribution in [3.8, 4) is 5.75 Å². The number of hydrogen-bond donors (Lipinski definition) is 1. The van der Waals surface area contributed by atoms with E-state index in [9.17, 15) is 22.8 Å². The molecule has 10 heteroatoms. The molecule has 0 amide bonds. The van der Waals surface area contributed by atoms with Gasteiger partial charge in [0.15, 0.2) is 5.78 Å². The summed E-state index contributed by atoms with van der Waals surface area (Å²) in [6.07, 6.45) is -1.02. The molecule has 0 radical (unpaired) electrons. The van der Waals surface area contributed by atoms with Crippen LogP contribution in [0.15, 0.2) is 42.5 Å². The van der Waals surface area contributed by atoms with Gasteiger partial charge in [-0.3, -0.25) is 9.59 Å². The van der Waals surface area contributed by atoms with Gasteiger partial charge in [0.2, 0.25) is 5.95 Å². The Morgan fingerprint density at radius 1 is 1.10 bits per heavy atom. The Bertz CT molecular complexity index is 1330. The average molecular weight is 546 g/mol. The molecule has 210 valence electrons. The first kappa shape index (κ1) is 28.4. The Morgan fingerprint density at radius 3 is 2.46 bits per heavy atom. The van der Waals surface area contributed by atoms with E-state index in [2.05, 4.69) is 40.1 Å². The second kappa shape index (κ2) is 11.3. The number of esters is 1. The van der Waals surface area contributed by atoms with E-state index in [1.807, 2.05) is 12.1 Å². The lowest BCUT2D eigenvalue weighted by Gasteiger charge is -2.40. The minimum Gasteiger partial charge on any atom is -0.469 e. The van der Waals surface area contributed by atoms with Gasteiger partial charge in [-0.1, -0.05) is 20.8 Å². The van der Waals surface area contributed by atoms with E-state index >= 15 is 0 Å². The van der Waals surface area contributed by atoms with Gasteiger partial charge in [-0.25, -0.2) is 4.98 Å². The number of halogens is 3. The Hall–Kier alpha value is -3.56. The molecule has 0 spiro atoms. The Kier molecular flexibility index (Phi) is 8.23. The van der Waals surface area contributed by atoms with Crippen molar-refractivity contribution < 1.29 is 32.2 Å². The smallest absolute Gasteiger partial charge is 0.469 e. The molecule has 1 N–H and O–H groups in total. The molecule has 39 heavy (non-hydrogen) atoms. The summed E-state index contributed by atoms with van der Waals surface area (Å²) in [5, 5.41) is 3.27. The normalized spacial score (nSPS) is 19.1. The number of hydrogen-bond acceptors (Lipinski definition) is 6. The monoisotopic (exact) mass is 545 g/mol. The summed E-state index contributed by atoms with van der Waals surface area (Å²) in [6.45, 7) is 6.73. The number of carbonyl (C=O) groups excluding carboxylic acids is 2. The lowest BCUT2D eigenvalue weighted by molar-refractivity contribution is -0.274. The highest BCUT2D eigenvalue weighted by atomic mass is 19.4. The second-order valence-corrected chi connectivity index (χ2v) is 11.1. The Balaban J connectivity index is 1.68. The van der Waals surface area contributed by atoms with E-state index in [0.717, 1.165) is 24.8 Å². The molecule has 0 bridgehead atoms. The van der Waals surface area contributed by atoms with Crippen LogP contribution in [-0.4, -0.2) is 34.8 Å². The predicted octanol–water partition coefficient (Wildman–Crippen LogP) is 7.59. The second-order valence-electron chi connectivity index (χ2n) is 11.1. The first-order valence-electron chi connectivity index (χ1n) is 13.1. The highest BCUT2D eigenvalue weighted by Crippen LogP contribution is 2.46. The zero-order valence-corrected chi connectivity index (χ0v) is 22.6. The number of Topliss-reactive ketones (excluding diaryl/α,β-unsaturated/α-hetero) is 1. The summed E-state index contributed by atoms with van der Waals surface area (Å²) in [7, 11) is 1.32. The molecule has 2 aromatic carbocycles. The van der Waals surface area contributed by atoms with Gasteiger partial charge in [0.25, 0.3) is 0 Å². The van der Waals surface area contributed by atoms with Gasteiger partial charge in [0.05, 0.1) is 18.1 Å². The zero-order chi connectivity index (χ0) is 28.4. The number of carbonyl (C=O) groups is 2. The van der Waals surface area contributed by atoms with E-state index in [4.69, 9.17) is 4.98 Å². The number of nitrogens with one attached hydrogen (secondary N) is 1. The van der Waals surface area contributed by atoms with Crippen molar-refractivity contribution in [2.45, 2.75) is 71.7 Å². The summed E-state index contributed by atoms with van der Waals surface area (Å²) in [6, 6.07) is 11.0. The number of imidazole rings is 1. The molecule has 1 fully saturated rings. The minimum atomic E-state index is -4.76. The van der Waals surface area contributed by atoms with Crippen LogP contribution in [0.25, 0.3) is 11.0 Å². The quantitative estimate of drug-likeness (QED) is 0.220. The SMILES string of the molecule is COC(=O)CCCC(=O)c1ccc2nc(Nc3ccc(OC(F)(F)F)cc3)n([C@H]3C[C@@H](C)CC(C)(C)C3)c2c1. The van der Waals surface area contributed by atoms with E-state index in [1.54, 1.807) is 6.07 Å². The number of nitrogens with zero attached hydrogens (tertiary/aromatic N) is 2. The summed E-state index contributed by atoms with van der Waals surface area (Å²) in [5.41, 5.74) is 2.72. The van der Waals surface area contributed by atoms with Crippen molar-refractivity contribution >= 4 is 34.4 Å². The fourth-order valence-electron chi connectivity index (χ4n) is 5.73. The summed E-state index contributed by atoms with van der Waals surface area (Å²) in [5.74, 6) is 0.310. The number of ketones is 1.